The average molecular weight is 1060 g/mol. The Labute approximate surface area is 387 Å². The standard InChI is InChI=1S/C31H20N3O.C24H29GeN2.Ir/c1-20-17-18-25-24-13-8-14-26(29(24)35-31(25)32-20)30-33-27-15-5-6-16-28(27)34(30)23-12-7-11-22(19-23)21-9-3-2-4-10-21;1-17-11-10-14-23(27-17)19(3)18(2)21-15-24(20-12-8-7-9-13-20)26-16-22(21)25(4,5)6;/h2-13,15-19H,1H3;7-12,14-16,18-19H,1-6H3;/q2*-1;/i;18D;. The number of rotatable bonds is 8. The molecular weight excluding hydrogens is 1010 g/mol. The molecule has 0 N–H and O–H groups in total. The van der Waals surface area contributed by atoms with Crippen molar-refractivity contribution >= 4 is 50.8 Å². The fourth-order valence-corrected chi connectivity index (χ4v) is 11.3. The van der Waals surface area contributed by atoms with Crippen molar-refractivity contribution in [2.75, 3.05) is 0 Å². The van der Waals surface area contributed by atoms with Crippen LogP contribution in [0.4, 0.5) is 0 Å². The molecule has 2 atom stereocenters. The van der Waals surface area contributed by atoms with Crippen LogP contribution >= 0.6 is 0 Å². The zero-order valence-electron chi connectivity index (χ0n) is 37.6. The normalized spacial score (nSPS) is 13.2. The second kappa shape index (κ2) is 18.4. The first-order chi connectivity index (χ1) is 30.4. The van der Waals surface area contributed by atoms with Crippen LogP contribution in [0.2, 0.25) is 17.3 Å². The van der Waals surface area contributed by atoms with Crippen LogP contribution in [0.1, 0.15) is 49.7 Å². The molecule has 6 nitrogen and oxygen atoms in total. The molecule has 5 aromatic heterocycles. The van der Waals surface area contributed by atoms with Gasteiger partial charge in [0.1, 0.15) is 0 Å². The van der Waals surface area contributed by atoms with Gasteiger partial charge >= 0.3 is 168 Å². The molecule has 2 unspecified atom stereocenters. The van der Waals surface area contributed by atoms with Crippen molar-refractivity contribution in [3.05, 3.63) is 193 Å². The number of hydrogen-bond acceptors (Lipinski definition) is 5. The molecule has 1 radical (unpaired) electrons. The Kier molecular flexibility index (Phi) is 12.4. The van der Waals surface area contributed by atoms with Gasteiger partial charge in [0.15, 0.2) is 0 Å². The first kappa shape index (κ1) is 42.3. The van der Waals surface area contributed by atoms with E-state index < -0.39 is 19.2 Å². The monoisotopic (exact) mass is 1060 g/mol. The largest absolute Gasteiger partial charge is 0 e. The molecule has 315 valence electrons. The van der Waals surface area contributed by atoms with E-state index in [2.05, 4.69) is 113 Å². The number of nitrogens with zero attached hydrogens (tertiary/aromatic N) is 5. The third-order valence-electron chi connectivity index (χ3n) is 11.6. The van der Waals surface area contributed by atoms with Gasteiger partial charge in [0.2, 0.25) is 5.71 Å². The molecule has 0 bridgehead atoms. The number of aromatic nitrogens is 5. The van der Waals surface area contributed by atoms with E-state index in [4.69, 9.17) is 19.4 Å². The van der Waals surface area contributed by atoms with E-state index >= 15 is 0 Å². The van der Waals surface area contributed by atoms with Crippen LogP contribution in [-0.2, 0) is 20.1 Å². The smallest absolute Gasteiger partial charge is 0 e. The Morgan fingerprint density at radius 3 is 2.21 bits per heavy atom. The number of benzene rings is 5. The number of imidazole rings is 1. The Hall–Kier alpha value is -5.99. The summed E-state index contributed by atoms with van der Waals surface area (Å²) in [7, 11) is 0. The van der Waals surface area contributed by atoms with Gasteiger partial charge in [-0.2, -0.15) is 0 Å². The van der Waals surface area contributed by atoms with Crippen LogP contribution in [0, 0.1) is 26.0 Å². The summed E-state index contributed by atoms with van der Waals surface area (Å²) in [5.41, 5.74) is 13.3. The molecule has 0 saturated heterocycles. The van der Waals surface area contributed by atoms with Crippen molar-refractivity contribution < 1.29 is 25.9 Å². The molecule has 10 rings (SSSR count). The SMILES string of the molecule is Cc1ccc2c(n1)oc1c(-c3nc4ccccc4n3-c3cccc(-c4ccccc4)c3)[c-]ccc12.[2H]C(C)(c1cc(-c2[c-]cccc2)nc[c]1[Ge]([CH3])([CH3])[CH3])C(C)c1cccc(C)n1.[Ir]. The number of furan rings is 1. The molecule has 8 heteroatoms. The van der Waals surface area contributed by atoms with Gasteiger partial charge in [-0.3, -0.25) is 4.98 Å². The third kappa shape index (κ3) is 8.96. The predicted molar refractivity (Wildman–Crippen MR) is 258 cm³/mol. The third-order valence-corrected chi connectivity index (χ3v) is 15.8. The summed E-state index contributed by atoms with van der Waals surface area (Å²) in [4.78, 5) is 19.1. The number of fused-ring (bicyclic) bond motifs is 4. The number of hydrogen-bond donors (Lipinski definition) is 0. The Balaban J connectivity index is 0.000000177. The van der Waals surface area contributed by atoms with E-state index in [9.17, 15) is 1.37 Å². The van der Waals surface area contributed by atoms with Crippen molar-refractivity contribution in [3.8, 4) is 39.5 Å². The van der Waals surface area contributed by atoms with E-state index in [-0.39, 0.29) is 26.0 Å². The molecule has 0 amide bonds. The van der Waals surface area contributed by atoms with E-state index in [1.807, 2.05) is 112 Å². The summed E-state index contributed by atoms with van der Waals surface area (Å²) < 4.78 is 19.2. The quantitative estimate of drug-likeness (QED) is 0.112. The van der Waals surface area contributed by atoms with Crippen LogP contribution < -0.4 is 4.40 Å². The van der Waals surface area contributed by atoms with Crippen molar-refractivity contribution in [1.29, 1.82) is 0 Å². The van der Waals surface area contributed by atoms with Gasteiger partial charge in [-0.25, -0.2) is 4.98 Å². The molecule has 0 aliphatic rings. The predicted octanol–water partition coefficient (Wildman–Crippen LogP) is 13.5. The zero-order chi connectivity index (χ0) is 43.9. The Morgan fingerprint density at radius 2 is 1.43 bits per heavy atom. The summed E-state index contributed by atoms with van der Waals surface area (Å²) >= 11 is -2.23. The van der Waals surface area contributed by atoms with E-state index in [0.29, 0.717) is 5.71 Å². The molecule has 0 fully saturated rings. The van der Waals surface area contributed by atoms with Crippen LogP contribution in [-0.4, -0.2) is 37.8 Å². The molecule has 5 heterocycles. The van der Waals surface area contributed by atoms with Gasteiger partial charge in [0, 0.05) is 36.9 Å². The van der Waals surface area contributed by atoms with Gasteiger partial charge < -0.3 is 8.98 Å². The maximum atomic E-state index is 9.41. The summed E-state index contributed by atoms with van der Waals surface area (Å²) in [6.07, 6.45) is 2.02. The minimum atomic E-state index is -2.23. The Bertz CT molecular complexity index is 3250. The van der Waals surface area contributed by atoms with Crippen LogP contribution in [0.5, 0.6) is 0 Å². The van der Waals surface area contributed by atoms with Gasteiger partial charge in [-0.15, -0.1) is 18.2 Å². The molecule has 5 aromatic carbocycles. The number of pyridine rings is 3. The fraction of sp³-hybridized carbons (Fsp3) is 0.164. The van der Waals surface area contributed by atoms with Crippen LogP contribution in [0.25, 0.3) is 72.6 Å². The van der Waals surface area contributed by atoms with Crippen molar-refractivity contribution in [2.45, 2.75) is 56.8 Å². The van der Waals surface area contributed by atoms with Gasteiger partial charge in [0.05, 0.1) is 22.4 Å². The first-order valence-corrected chi connectivity index (χ1v) is 28.5. The number of aryl methyl sites for hydroxylation is 2. The van der Waals surface area contributed by atoms with E-state index in [1.54, 1.807) is 0 Å². The van der Waals surface area contributed by atoms with Gasteiger partial charge in [-0.1, -0.05) is 65.5 Å². The minimum absolute atomic E-state index is 0. The molecule has 10 aromatic rings. The van der Waals surface area contributed by atoms with Gasteiger partial charge in [-0.05, 0) is 54.4 Å². The van der Waals surface area contributed by atoms with E-state index in [1.165, 1.54) is 9.96 Å². The summed E-state index contributed by atoms with van der Waals surface area (Å²) in [6, 6.07) is 58.0. The number of para-hydroxylation sites is 2. The van der Waals surface area contributed by atoms with Gasteiger partial charge in [0.25, 0.3) is 0 Å². The summed E-state index contributed by atoms with van der Waals surface area (Å²) in [6.45, 7) is 8.11. The van der Waals surface area contributed by atoms with E-state index in [0.717, 1.165) is 83.9 Å². The van der Waals surface area contributed by atoms with Crippen molar-refractivity contribution in [2.24, 2.45) is 0 Å². The van der Waals surface area contributed by atoms with Crippen LogP contribution in [0.3, 0.4) is 0 Å². The topological polar surface area (TPSA) is 69.6 Å². The second-order valence-electron chi connectivity index (χ2n) is 16.9. The maximum Gasteiger partial charge on any atom is 0 e. The summed E-state index contributed by atoms with van der Waals surface area (Å²) in [5.74, 6) is 7.03. The molecule has 0 spiro atoms. The zero-order valence-corrected chi connectivity index (χ0v) is 41.1. The average Bonchev–Trinajstić information content (AvgIpc) is 3.87. The van der Waals surface area contributed by atoms with Crippen molar-refractivity contribution in [3.63, 3.8) is 0 Å². The fourth-order valence-electron chi connectivity index (χ4n) is 8.13. The molecule has 63 heavy (non-hydrogen) atoms. The second-order valence-corrected chi connectivity index (χ2v) is 27.5. The Morgan fingerprint density at radius 1 is 0.683 bits per heavy atom. The molecule has 0 aliphatic heterocycles. The summed E-state index contributed by atoms with van der Waals surface area (Å²) in [5, 5.41) is 2.01. The van der Waals surface area contributed by atoms with Crippen molar-refractivity contribution in [1.82, 2.24) is 24.5 Å². The molecular formula is C55H49GeIrN5O-2. The molecule has 0 saturated carbocycles. The van der Waals surface area contributed by atoms with Crippen LogP contribution in [0.15, 0.2) is 162 Å². The minimum Gasteiger partial charge on any atom is 0 e. The maximum absolute atomic E-state index is 9.41. The molecule has 0 aliphatic carbocycles. The first-order valence-electron chi connectivity index (χ1n) is 21.6.